The van der Waals surface area contributed by atoms with Crippen LogP contribution in [0.1, 0.15) is 27.7 Å². The first-order valence-electron chi connectivity index (χ1n) is 8.10. The van der Waals surface area contributed by atoms with E-state index in [0.29, 0.717) is 18.7 Å². The molecule has 1 amide bonds. The van der Waals surface area contributed by atoms with Gasteiger partial charge in [0.1, 0.15) is 11.6 Å². The predicted molar refractivity (Wildman–Crippen MR) is 90.1 cm³/mol. The Bertz CT molecular complexity index is 917. The van der Waals surface area contributed by atoms with E-state index in [4.69, 9.17) is 0 Å². The van der Waals surface area contributed by atoms with Gasteiger partial charge in [-0.25, -0.2) is 8.78 Å². The number of carbonyl (C=O) groups excluding carboxylic acids is 1. The van der Waals surface area contributed by atoms with Gasteiger partial charge in [0, 0.05) is 30.5 Å². The topological polar surface area (TPSA) is 25.2 Å². The zero-order valence-corrected chi connectivity index (χ0v) is 13.4. The summed E-state index contributed by atoms with van der Waals surface area (Å²) in [5, 5.41) is 0. The normalized spacial score (nSPS) is 16.6. The van der Waals surface area contributed by atoms with Gasteiger partial charge in [-0.05, 0) is 48.0 Å². The van der Waals surface area contributed by atoms with Crippen molar-refractivity contribution >= 4 is 5.91 Å². The van der Waals surface area contributed by atoms with E-state index in [1.807, 2.05) is 18.3 Å². The summed E-state index contributed by atoms with van der Waals surface area (Å²) in [5.74, 6) is -0.996. The number of aromatic nitrogens is 1. The van der Waals surface area contributed by atoms with Gasteiger partial charge in [0.2, 0.25) is 0 Å². The van der Waals surface area contributed by atoms with Gasteiger partial charge in [0.25, 0.3) is 5.91 Å². The van der Waals surface area contributed by atoms with Crippen LogP contribution in [0.4, 0.5) is 8.78 Å². The molecule has 25 heavy (non-hydrogen) atoms. The number of rotatable bonds is 2. The molecule has 0 spiro atoms. The lowest BCUT2D eigenvalue weighted by molar-refractivity contribution is 0.0663. The monoisotopic (exact) mass is 338 g/mol. The minimum absolute atomic E-state index is 0.235. The van der Waals surface area contributed by atoms with Crippen molar-refractivity contribution in [2.24, 2.45) is 0 Å². The summed E-state index contributed by atoms with van der Waals surface area (Å²) < 4.78 is 28.9. The molecule has 0 aliphatic carbocycles. The van der Waals surface area contributed by atoms with E-state index in [1.54, 1.807) is 23.1 Å². The summed E-state index contributed by atoms with van der Waals surface area (Å²) >= 11 is 0. The summed E-state index contributed by atoms with van der Waals surface area (Å²) in [4.78, 5) is 14.7. The number of hydrogen-bond donors (Lipinski definition) is 0. The van der Waals surface area contributed by atoms with E-state index in [2.05, 4.69) is 4.57 Å². The SMILES string of the molecule is O=C(c1cccc(F)c1)N1CCn2cccc2[C@@H]1c1ccc(F)cc1. The van der Waals surface area contributed by atoms with Crippen molar-refractivity contribution in [2.75, 3.05) is 6.54 Å². The highest BCUT2D eigenvalue weighted by Gasteiger charge is 2.32. The molecular weight excluding hydrogens is 322 g/mol. The van der Waals surface area contributed by atoms with Gasteiger partial charge in [-0.2, -0.15) is 0 Å². The van der Waals surface area contributed by atoms with Gasteiger partial charge in [0.15, 0.2) is 0 Å². The van der Waals surface area contributed by atoms with E-state index in [0.717, 1.165) is 11.3 Å². The number of benzene rings is 2. The molecular formula is C20H16F2N2O. The molecule has 3 nitrogen and oxygen atoms in total. The van der Waals surface area contributed by atoms with Crippen LogP contribution >= 0.6 is 0 Å². The van der Waals surface area contributed by atoms with Gasteiger partial charge in [-0.1, -0.05) is 18.2 Å². The van der Waals surface area contributed by atoms with Crippen LogP contribution in [-0.4, -0.2) is 21.9 Å². The van der Waals surface area contributed by atoms with Crippen LogP contribution < -0.4 is 0 Å². The molecule has 0 radical (unpaired) electrons. The average molecular weight is 338 g/mol. The Hall–Kier alpha value is -2.95. The maximum absolute atomic E-state index is 13.5. The Labute approximate surface area is 144 Å². The third-order valence-electron chi connectivity index (χ3n) is 4.56. The Kier molecular flexibility index (Phi) is 3.84. The fourth-order valence-corrected chi connectivity index (χ4v) is 3.39. The highest BCUT2D eigenvalue weighted by molar-refractivity contribution is 5.94. The van der Waals surface area contributed by atoms with E-state index in [1.165, 1.54) is 30.3 Å². The van der Waals surface area contributed by atoms with Crippen LogP contribution in [0.25, 0.3) is 0 Å². The molecule has 1 aliphatic rings. The van der Waals surface area contributed by atoms with E-state index < -0.39 is 5.82 Å². The van der Waals surface area contributed by atoms with Crippen molar-refractivity contribution < 1.29 is 13.6 Å². The van der Waals surface area contributed by atoms with Crippen molar-refractivity contribution in [2.45, 2.75) is 12.6 Å². The molecule has 4 rings (SSSR count). The predicted octanol–water partition coefficient (Wildman–Crippen LogP) is 4.01. The zero-order valence-electron chi connectivity index (χ0n) is 13.4. The first-order valence-corrected chi connectivity index (χ1v) is 8.10. The molecule has 5 heteroatoms. The standard InChI is InChI=1S/C20H16F2N2O/c21-16-8-6-14(7-9-16)19-18-5-2-10-23(18)11-12-24(19)20(25)15-3-1-4-17(22)13-15/h1-10,13,19H,11-12H2/t19-/m0/s1. The van der Waals surface area contributed by atoms with Crippen molar-refractivity contribution in [1.82, 2.24) is 9.47 Å². The Morgan fingerprint density at radius 1 is 0.920 bits per heavy atom. The smallest absolute Gasteiger partial charge is 0.254 e. The van der Waals surface area contributed by atoms with Crippen LogP contribution in [0.5, 0.6) is 0 Å². The Balaban J connectivity index is 1.78. The summed E-state index contributed by atoms with van der Waals surface area (Å²) in [6.07, 6.45) is 1.97. The van der Waals surface area contributed by atoms with Crippen molar-refractivity contribution in [3.05, 3.63) is 95.3 Å². The van der Waals surface area contributed by atoms with Crippen LogP contribution in [-0.2, 0) is 6.54 Å². The molecule has 0 bridgehead atoms. The number of amides is 1. The third kappa shape index (κ3) is 2.82. The maximum atomic E-state index is 13.5. The molecule has 126 valence electrons. The van der Waals surface area contributed by atoms with Gasteiger partial charge in [-0.15, -0.1) is 0 Å². The van der Waals surface area contributed by atoms with Gasteiger partial charge in [0.05, 0.1) is 6.04 Å². The number of fused-ring (bicyclic) bond motifs is 1. The first kappa shape index (κ1) is 15.6. The molecule has 2 aromatic carbocycles. The summed E-state index contributed by atoms with van der Waals surface area (Å²) in [5.41, 5.74) is 2.10. The zero-order chi connectivity index (χ0) is 17.4. The molecule has 0 unspecified atom stereocenters. The lowest BCUT2D eigenvalue weighted by atomic mass is 9.99. The lowest BCUT2D eigenvalue weighted by Gasteiger charge is -2.37. The van der Waals surface area contributed by atoms with Crippen molar-refractivity contribution in [1.29, 1.82) is 0 Å². The number of carbonyl (C=O) groups is 1. The molecule has 1 aromatic heterocycles. The van der Waals surface area contributed by atoms with E-state index >= 15 is 0 Å². The third-order valence-corrected chi connectivity index (χ3v) is 4.56. The molecule has 2 heterocycles. The molecule has 0 saturated carbocycles. The minimum atomic E-state index is -0.440. The fraction of sp³-hybridized carbons (Fsp3) is 0.150. The van der Waals surface area contributed by atoms with Crippen LogP contribution in [0.3, 0.4) is 0 Å². The van der Waals surface area contributed by atoms with Gasteiger partial charge in [-0.3, -0.25) is 4.79 Å². The number of halogens is 2. The molecule has 3 aromatic rings. The Morgan fingerprint density at radius 3 is 2.48 bits per heavy atom. The minimum Gasteiger partial charge on any atom is -0.348 e. The van der Waals surface area contributed by atoms with Gasteiger partial charge >= 0.3 is 0 Å². The highest BCUT2D eigenvalue weighted by Crippen LogP contribution is 2.33. The molecule has 0 N–H and O–H groups in total. The summed E-state index contributed by atoms with van der Waals surface area (Å²) in [6, 6.07) is 15.4. The molecule has 0 saturated heterocycles. The second-order valence-corrected chi connectivity index (χ2v) is 6.09. The molecule has 0 fully saturated rings. The van der Waals surface area contributed by atoms with Crippen LogP contribution in [0.15, 0.2) is 66.9 Å². The van der Waals surface area contributed by atoms with Gasteiger partial charge < -0.3 is 9.47 Å². The number of nitrogens with zero attached hydrogens (tertiary/aromatic N) is 2. The van der Waals surface area contributed by atoms with E-state index in [9.17, 15) is 13.6 Å². The van der Waals surface area contributed by atoms with Crippen molar-refractivity contribution in [3.8, 4) is 0 Å². The average Bonchev–Trinajstić information content (AvgIpc) is 3.10. The maximum Gasteiger partial charge on any atom is 0.254 e. The summed E-state index contributed by atoms with van der Waals surface area (Å²) in [7, 11) is 0. The second-order valence-electron chi connectivity index (χ2n) is 6.09. The second kappa shape index (κ2) is 6.16. The van der Waals surface area contributed by atoms with Crippen LogP contribution in [0, 0.1) is 11.6 Å². The van der Waals surface area contributed by atoms with Crippen LogP contribution in [0.2, 0.25) is 0 Å². The molecule has 1 atom stereocenters. The van der Waals surface area contributed by atoms with E-state index in [-0.39, 0.29) is 17.8 Å². The molecule has 1 aliphatic heterocycles. The first-order chi connectivity index (χ1) is 12.1. The van der Waals surface area contributed by atoms with Crippen molar-refractivity contribution in [3.63, 3.8) is 0 Å². The largest absolute Gasteiger partial charge is 0.348 e. The quantitative estimate of drug-likeness (QED) is 0.693. The Morgan fingerprint density at radius 2 is 1.72 bits per heavy atom. The number of hydrogen-bond acceptors (Lipinski definition) is 1. The lowest BCUT2D eigenvalue weighted by Crippen LogP contribution is -2.42. The summed E-state index contributed by atoms with van der Waals surface area (Å²) in [6.45, 7) is 1.17. The fourth-order valence-electron chi connectivity index (χ4n) is 3.39. The highest BCUT2D eigenvalue weighted by atomic mass is 19.1.